The average Bonchev–Trinajstić information content (AvgIpc) is 2.99. The second kappa shape index (κ2) is 5.79. The minimum absolute atomic E-state index is 0.0121. The molecule has 7 heteroatoms. The van der Waals surface area contributed by atoms with Crippen molar-refractivity contribution in [3.8, 4) is 5.75 Å². The van der Waals surface area contributed by atoms with Crippen LogP contribution in [0.5, 0.6) is 5.75 Å². The summed E-state index contributed by atoms with van der Waals surface area (Å²) in [5, 5.41) is 2.88. The minimum atomic E-state index is -0.579. The van der Waals surface area contributed by atoms with Crippen LogP contribution in [0.1, 0.15) is 12.8 Å². The van der Waals surface area contributed by atoms with Crippen LogP contribution in [-0.2, 0) is 9.53 Å². The lowest BCUT2D eigenvalue weighted by Gasteiger charge is -2.23. The largest absolute Gasteiger partial charge is 0.484 e. The molecule has 0 saturated carbocycles. The molecule has 2 heterocycles. The molecule has 1 aromatic rings. The fourth-order valence-electron chi connectivity index (χ4n) is 2.81. The molecule has 2 aliphatic heterocycles. The Bertz CT molecular complexity index is 555. The van der Waals surface area contributed by atoms with Gasteiger partial charge in [-0.1, -0.05) is 11.6 Å². The highest BCUT2D eigenvalue weighted by Gasteiger charge is 2.46. The molecule has 3 N–H and O–H groups in total. The monoisotopic (exact) mass is 314 g/mol. The molecule has 114 valence electrons. The molecule has 2 bridgehead atoms. The first-order chi connectivity index (χ1) is 10.0. The van der Waals surface area contributed by atoms with E-state index in [9.17, 15) is 9.18 Å². The van der Waals surface area contributed by atoms with E-state index in [1.165, 1.54) is 12.1 Å². The molecule has 1 aromatic carbocycles. The number of hydrogen-bond acceptors (Lipinski definition) is 4. The van der Waals surface area contributed by atoms with Crippen molar-refractivity contribution in [3.05, 3.63) is 29.0 Å². The number of nitrogens with one attached hydrogen (secondary N) is 1. The highest BCUT2D eigenvalue weighted by atomic mass is 35.5. The first kappa shape index (κ1) is 14.6. The maximum Gasteiger partial charge on any atom is 0.258 e. The summed E-state index contributed by atoms with van der Waals surface area (Å²) in [6.45, 7) is -0.180. The summed E-state index contributed by atoms with van der Waals surface area (Å²) < 4.78 is 24.1. The number of carbonyl (C=O) groups excluding carboxylic acids is 1. The molecule has 0 radical (unpaired) electrons. The van der Waals surface area contributed by atoms with Gasteiger partial charge in [0, 0.05) is 12.1 Å². The zero-order chi connectivity index (χ0) is 15.0. The van der Waals surface area contributed by atoms with Gasteiger partial charge in [-0.3, -0.25) is 4.79 Å². The fourth-order valence-corrected chi connectivity index (χ4v) is 2.93. The van der Waals surface area contributed by atoms with Crippen LogP contribution in [0.2, 0.25) is 5.02 Å². The topological polar surface area (TPSA) is 73.6 Å². The summed E-state index contributed by atoms with van der Waals surface area (Å²) in [5.74, 6) is -0.580. The lowest BCUT2D eigenvalue weighted by Crippen LogP contribution is -2.47. The first-order valence-corrected chi connectivity index (χ1v) is 7.19. The molecule has 0 aliphatic carbocycles. The van der Waals surface area contributed by atoms with Gasteiger partial charge in [0.15, 0.2) is 6.61 Å². The van der Waals surface area contributed by atoms with Crippen molar-refractivity contribution in [2.45, 2.75) is 37.1 Å². The van der Waals surface area contributed by atoms with E-state index in [0.717, 1.165) is 18.9 Å². The van der Waals surface area contributed by atoms with Crippen molar-refractivity contribution in [1.82, 2.24) is 5.32 Å². The lowest BCUT2D eigenvalue weighted by molar-refractivity contribution is -0.124. The smallest absolute Gasteiger partial charge is 0.258 e. The summed E-state index contributed by atoms with van der Waals surface area (Å²) >= 11 is 5.57. The summed E-state index contributed by atoms with van der Waals surface area (Å²) in [6.07, 6.45) is 1.51. The van der Waals surface area contributed by atoms with Crippen LogP contribution >= 0.6 is 11.6 Å². The third-order valence-electron chi connectivity index (χ3n) is 3.87. The molecule has 0 spiro atoms. The van der Waals surface area contributed by atoms with E-state index in [-0.39, 0.29) is 47.6 Å². The van der Waals surface area contributed by atoms with Crippen LogP contribution in [0.4, 0.5) is 4.39 Å². The second-order valence-corrected chi connectivity index (χ2v) is 5.79. The normalized spacial score (nSPS) is 30.4. The first-order valence-electron chi connectivity index (χ1n) is 6.81. The third-order valence-corrected chi connectivity index (χ3v) is 4.18. The Hall–Kier alpha value is -1.37. The van der Waals surface area contributed by atoms with Crippen LogP contribution in [0.3, 0.4) is 0 Å². The summed E-state index contributed by atoms with van der Waals surface area (Å²) in [5.41, 5.74) is 5.87. The molecule has 4 unspecified atom stereocenters. The predicted molar refractivity (Wildman–Crippen MR) is 74.7 cm³/mol. The zero-order valence-corrected chi connectivity index (χ0v) is 12.0. The van der Waals surface area contributed by atoms with Gasteiger partial charge in [0.1, 0.15) is 11.6 Å². The van der Waals surface area contributed by atoms with Gasteiger partial charge in [0.2, 0.25) is 0 Å². The SMILES string of the molecule is NC1CC2OC1CC2NC(=O)COc1ccc(Cl)c(F)c1. The van der Waals surface area contributed by atoms with Crippen molar-refractivity contribution in [2.24, 2.45) is 5.73 Å². The summed E-state index contributed by atoms with van der Waals surface area (Å²) in [4.78, 5) is 11.8. The Morgan fingerprint density at radius 3 is 2.90 bits per heavy atom. The number of fused-ring (bicyclic) bond motifs is 2. The van der Waals surface area contributed by atoms with E-state index in [1.807, 2.05) is 0 Å². The van der Waals surface area contributed by atoms with Crippen LogP contribution in [0.25, 0.3) is 0 Å². The number of amides is 1. The molecule has 2 fully saturated rings. The van der Waals surface area contributed by atoms with Gasteiger partial charge in [-0.2, -0.15) is 0 Å². The number of carbonyl (C=O) groups is 1. The molecular weight excluding hydrogens is 299 g/mol. The quantitative estimate of drug-likeness (QED) is 0.877. The number of rotatable bonds is 4. The Morgan fingerprint density at radius 2 is 2.29 bits per heavy atom. The molecule has 2 saturated heterocycles. The number of hydrogen-bond donors (Lipinski definition) is 2. The third kappa shape index (κ3) is 3.12. The molecule has 4 atom stereocenters. The van der Waals surface area contributed by atoms with Crippen LogP contribution in [0, 0.1) is 5.82 Å². The van der Waals surface area contributed by atoms with E-state index in [4.69, 9.17) is 26.8 Å². The zero-order valence-electron chi connectivity index (χ0n) is 11.2. The molecule has 1 amide bonds. The van der Waals surface area contributed by atoms with E-state index in [2.05, 4.69) is 5.32 Å². The lowest BCUT2D eigenvalue weighted by atomic mass is 9.92. The Balaban J connectivity index is 1.48. The van der Waals surface area contributed by atoms with Gasteiger partial charge in [-0.25, -0.2) is 4.39 Å². The van der Waals surface area contributed by atoms with E-state index in [1.54, 1.807) is 0 Å². The van der Waals surface area contributed by atoms with E-state index >= 15 is 0 Å². The molecule has 3 rings (SSSR count). The van der Waals surface area contributed by atoms with Gasteiger partial charge < -0.3 is 20.5 Å². The average molecular weight is 315 g/mol. The van der Waals surface area contributed by atoms with Crippen molar-refractivity contribution in [1.29, 1.82) is 0 Å². The summed E-state index contributed by atoms with van der Waals surface area (Å²) in [7, 11) is 0. The van der Waals surface area contributed by atoms with Gasteiger partial charge >= 0.3 is 0 Å². The highest BCUT2D eigenvalue weighted by Crippen LogP contribution is 2.33. The number of nitrogens with two attached hydrogens (primary N) is 1. The van der Waals surface area contributed by atoms with E-state index < -0.39 is 5.82 Å². The fraction of sp³-hybridized carbons (Fsp3) is 0.500. The van der Waals surface area contributed by atoms with Crippen LogP contribution < -0.4 is 15.8 Å². The molecule has 21 heavy (non-hydrogen) atoms. The Labute approximate surface area is 126 Å². The maximum atomic E-state index is 13.2. The Kier molecular flexibility index (Phi) is 4.01. The van der Waals surface area contributed by atoms with E-state index in [0.29, 0.717) is 0 Å². The Morgan fingerprint density at radius 1 is 1.48 bits per heavy atom. The molecule has 2 aliphatic rings. The van der Waals surface area contributed by atoms with Gasteiger partial charge in [-0.15, -0.1) is 0 Å². The molecule has 5 nitrogen and oxygen atoms in total. The number of benzene rings is 1. The van der Waals surface area contributed by atoms with Crippen LogP contribution in [-0.4, -0.2) is 36.8 Å². The van der Waals surface area contributed by atoms with Crippen molar-refractivity contribution in [2.75, 3.05) is 6.61 Å². The predicted octanol–water partition coefficient (Wildman–Crippen LogP) is 1.23. The van der Waals surface area contributed by atoms with Crippen molar-refractivity contribution in [3.63, 3.8) is 0 Å². The van der Waals surface area contributed by atoms with Crippen LogP contribution in [0.15, 0.2) is 18.2 Å². The number of halogens is 2. The van der Waals surface area contributed by atoms with Gasteiger partial charge in [0.25, 0.3) is 5.91 Å². The van der Waals surface area contributed by atoms with Gasteiger partial charge in [-0.05, 0) is 25.0 Å². The highest BCUT2D eigenvalue weighted by molar-refractivity contribution is 6.30. The second-order valence-electron chi connectivity index (χ2n) is 5.39. The van der Waals surface area contributed by atoms with Crippen molar-refractivity contribution < 1.29 is 18.7 Å². The minimum Gasteiger partial charge on any atom is -0.484 e. The molecular formula is C14H16ClFN2O3. The standard InChI is InChI=1S/C14H16ClFN2O3/c15-8-2-1-7(3-9(8)16)20-6-14(19)18-11-5-12-10(17)4-13(11)21-12/h1-3,10-13H,4-6,17H2,(H,18,19). The molecule has 0 aromatic heterocycles. The number of ether oxygens (including phenoxy) is 2. The van der Waals surface area contributed by atoms with Crippen molar-refractivity contribution >= 4 is 17.5 Å². The van der Waals surface area contributed by atoms with Gasteiger partial charge in [0.05, 0.1) is 23.3 Å². The summed E-state index contributed by atoms with van der Waals surface area (Å²) in [6, 6.07) is 4.09. The maximum absolute atomic E-state index is 13.2.